The van der Waals surface area contributed by atoms with Crippen LogP contribution in [0.3, 0.4) is 0 Å². The molecular weight excluding hydrogens is 280 g/mol. The van der Waals surface area contributed by atoms with Gasteiger partial charge in [0.1, 0.15) is 0 Å². The third-order valence-electron chi connectivity index (χ3n) is 3.30. The van der Waals surface area contributed by atoms with Crippen molar-refractivity contribution in [2.24, 2.45) is 11.5 Å². The van der Waals surface area contributed by atoms with Crippen LogP contribution in [0.25, 0.3) is 10.8 Å². The third-order valence-corrected chi connectivity index (χ3v) is 3.30. The number of fused-ring (bicyclic) bond motifs is 1. The lowest BCUT2D eigenvalue weighted by molar-refractivity contribution is -0.121. The molecule has 0 heterocycles. The number of nitrogens with two attached hydrogens (primary N) is 2. The molecule has 0 aliphatic heterocycles. The molecular formula is C16H20N4O2. The Morgan fingerprint density at radius 2 is 1.82 bits per heavy atom. The molecule has 2 rings (SSSR count). The Balaban J connectivity index is 1.94. The quantitative estimate of drug-likeness (QED) is 0.671. The van der Waals surface area contributed by atoms with Gasteiger partial charge < -0.3 is 16.8 Å². The van der Waals surface area contributed by atoms with Crippen LogP contribution in [-0.4, -0.2) is 24.5 Å². The SMILES string of the molecule is NCCCC(N)C(=O)NC(=O)Nc1ccc2ccccc2c1. The van der Waals surface area contributed by atoms with Crippen LogP contribution in [0.15, 0.2) is 42.5 Å². The molecule has 6 heteroatoms. The van der Waals surface area contributed by atoms with E-state index in [0.717, 1.165) is 10.8 Å². The largest absolute Gasteiger partial charge is 0.330 e. The van der Waals surface area contributed by atoms with Gasteiger partial charge in [0.25, 0.3) is 0 Å². The zero-order valence-electron chi connectivity index (χ0n) is 12.2. The lowest BCUT2D eigenvalue weighted by Crippen LogP contribution is -2.45. The maximum Gasteiger partial charge on any atom is 0.325 e. The van der Waals surface area contributed by atoms with E-state index >= 15 is 0 Å². The maximum atomic E-state index is 11.8. The highest BCUT2D eigenvalue weighted by molar-refractivity contribution is 6.03. The first-order chi connectivity index (χ1) is 10.6. The number of carbonyl (C=O) groups excluding carboxylic acids is 2. The minimum Gasteiger partial charge on any atom is -0.330 e. The van der Waals surface area contributed by atoms with E-state index < -0.39 is 18.0 Å². The molecule has 22 heavy (non-hydrogen) atoms. The van der Waals surface area contributed by atoms with Crippen molar-refractivity contribution in [2.75, 3.05) is 11.9 Å². The summed E-state index contributed by atoms with van der Waals surface area (Å²) in [5.41, 5.74) is 11.6. The summed E-state index contributed by atoms with van der Waals surface area (Å²) in [5.74, 6) is -0.508. The number of amides is 3. The number of anilines is 1. The predicted octanol–water partition coefficient (Wildman–Crippen LogP) is 1.55. The van der Waals surface area contributed by atoms with E-state index in [0.29, 0.717) is 25.1 Å². The lowest BCUT2D eigenvalue weighted by Gasteiger charge is -2.12. The first-order valence-electron chi connectivity index (χ1n) is 7.16. The summed E-state index contributed by atoms with van der Waals surface area (Å²) in [4.78, 5) is 23.5. The lowest BCUT2D eigenvalue weighted by atomic mass is 10.1. The van der Waals surface area contributed by atoms with Gasteiger partial charge in [0, 0.05) is 5.69 Å². The summed E-state index contributed by atoms with van der Waals surface area (Å²) < 4.78 is 0. The first-order valence-corrected chi connectivity index (χ1v) is 7.16. The smallest absolute Gasteiger partial charge is 0.325 e. The molecule has 1 unspecified atom stereocenters. The molecule has 0 radical (unpaired) electrons. The number of carbonyl (C=O) groups is 2. The normalized spacial score (nSPS) is 11.9. The Bertz CT molecular complexity index is 672. The monoisotopic (exact) mass is 300 g/mol. The fraction of sp³-hybridized carbons (Fsp3) is 0.250. The van der Waals surface area contributed by atoms with Crippen molar-refractivity contribution < 1.29 is 9.59 Å². The van der Waals surface area contributed by atoms with Crippen molar-refractivity contribution in [3.63, 3.8) is 0 Å². The second-order valence-electron chi connectivity index (χ2n) is 5.04. The number of imide groups is 1. The average Bonchev–Trinajstić information content (AvgIpc) is 2.52. The van der Waals surface area contributed by atoms with Gasteiger partial charge in [0.2, 0.25) is 5.91 Å². The predicted molar refractivity (Wildman–Crippen MR) is 87.4 cm³/mol. The number of rotatable bonds is 5. The first kappa shape index (κ1) is 15.9. The molecule has 6 N–H and O–H groups in total. The Morgan fingerprint density at radius 1 is 1.09 bits per heavy atom. The highest BCUT2D eigenvalue weighted by Gasteiger charge is 2.15. The van der Waals surface area contributed by atoms with E-state index in [9.17, 15) is 9.59 Å². The topological polar surface area (TPSA) is 110 Å². The van der Waals surface area contributed by atoms with Crippen molar-refractivity contribution in [2.45, 2.75) is 18.9 Å². The Kier molecular flexibility index (Phi) is 5.46. The summed E-state index contributed by atoms with van der Waals surface area (Å²) in [5, 5.41) is 6.94. The van der Waals surface area contributed by atoms with Crippen molar-refractivity contribution in [1.29, 1.82) is 0 Å². The summed E-state index contributed by atoms with van der Waals surface area (Å²) in [6.45, 7) is 0.463. The number of hydrogen-bond donors (Lipinski definition) is 4. The van der Waals surface area contributed by atoms with E-state index in [4.69, 9.17) is 11.5 Å². The summed E-state index contributed by atoms with van der Waals surface area (Å²) in [6, 6.07) is 12.0. The van der Waals surface area contributed by atoms with E-state index in [1.807, 2.05) is 36.4 Å². The minimum atomic E-state index is -0.731. The van der Waals surface area contributed by atoms with Gasteiger partial charge in [-0.05, 0) is 42.3 Å². The molecule has 0 aromatic heterocycles. The molecule has 0 saturated carbocycles. The molecule has 0 spiro atoms. The molecule has 0 bridgehead atoms. The van der Waals surface area contributed by atoms with E-state index in [1.54, 1.807) is 6.07 Å². The van der Waals surface area contributed by atoms with Crippen LogP contribution in [0.1, 0.15) is 12.8 Å². The van der Waals surface area contributed by atoms with Gasteiger partial charge in [-0.1, -0.05) is 30.3 Å². The second kappa shape index (κ2) is 7.53. The van der Waals surface area contributed by atoms with Gasteiger partial charge >= 0.3 is 6.03 Å². The van der Waals surface area contributed by atoms with Crippen molar-refractivity contribution in [1.82, 2.24) is 5.32 Å². The Morgan fingerprint density at radius 3 is 2.55 bits per heavy atom. The van der Waals surface area contributed by atoms with E-state index in [-0.39, 0.29) is 0 Å². The standard InChI is InChI=1S/C16H20N4O2/c17-9-3-6-14(18)15(21)20-16(22)19-13-8-7-11-4-1-2-5-12(11)10-13/h1-2,4-5,7-8,10,14H,3,6,9,17-18H2,(H2,19,20,21,22). The molecule has 3 amide bonds. The fourth-order valence-corrected chi connectivity index (χ4v) is 2.10. The molecule has 0 aliphatic rings. The van der Waals surface area contributed by atoms with Gasteiger partial charge in [-0.15, -0.1) is 0 Å². The minimum absolute atomic E-state index is 0.450. The van der Waals surface area contributed by atoms with Crippen LogP contribution in [-0.2, 0) is 4.79 Å². The molecule has 116 valence electrons. The van der Waals surface area contributed by atoms with Gasteiger partial charge in [0.15, 0.2) is 0 Å². The molecule has 2 aromatic rings. The van der Waals surface area contributed by atoms with Gasteiger partial charge in [0.05, 0.1) is 6.04 Å². The zero-order chi connectivity index (χ0) is 15.9. The zero-order valence-corrected chi connectivity index (χ0v) is 12.2. The van der Waals surface area contributed by atoms with Crippen LogP contribution < -0.4 is 22.1 Å². The number of hydrogen-bond acceptors (Lipinski definition) is 4. The van der Waals surface area contributed by atoms with E-state index in [1.165, 1.54) is 0 Å². The highest BCUT2D eigenvalue weighted by atomic mass is 16.2. The third kappa shape index (κ3) is 4.28. The van der Waals surface area contributed by atoms with Crippen LogP contribution >= 0.6 is 0 Å². The Labute approximate surface area is 128 Å². The summed E-state index contributed by atoms with van der Waals surface area (Å²) >= 11 is 0. The van der Waals surface area contributed by atoms with Crippen molar-refractivity contribution >= 4 is 28.4 Å². The van der Waals surface area contributed by atoms with Crippen LogP contribution in [0.5, 0.6) is 0 Å². The van der Waals surface area contributed by atoms with Crippen LogP contribution in [0, 0.1) is 0 Å². The van der Waals surface area contributed by atoms with Crippen molar-refractivity contribution in [3.05, 3.63) is 42.5 Å². The molecule has 2 aromatic carbocycles. The number of nitrogens with one attached hydrogen (secondary N) is 2. The Hall–Kier alpha value is -2.44. The summed E-state index contributed by atoms with van der Waals surface area (Å²) in [7, 11) is 0. The van der Waals surface area contributed by atoms with E-state index in [2.05, 4.69) is 10.6 Å². The van der Waals surface area contributed by atoms with Gasteiger partial charge in [-0.3, -0.25) is 10.1 Å². The number of urea groups is 1. The summed E-state index contributed by atoms with van der Waals surface area (Å²) in [6.07, 6.45) is 1.09. The average molecular weight is 300 g/mol. The van der Waals surface area contributed by atoms with Crippen LogP contribution in [0.4, 0.5) is 10.5 Å². The molecule has 0 aliphatic carbocycles. The van der Waals surface area contributed by atoms with Crippen molar-refractivity contribution in [3.8, 4) is 0 Å². The molecule has 0 fully saturated rings. The highest BCUT2D eigenvalue weighted by Crippen LogP contribution is 2.18. The fourth-order valence-electron chi connectivity index (χ4n) is 2.10. The molecule has 0 saturated heterocycles. The second-order valence-corrected chi connectivity index (χ2v) is 5.04. The molecule has 1 atom stereocenters. The molecule has 6 nitrogen and oxygen atoms in total. The maximum absolute atomic E-state index is 11.8. The number of benzene rings is 2. The van der Waals surface area contributed by atoms with Gasteiger partial charge in [-0.25, -0.2) is 4.79 Å². The van der Waals surface area contributed by atoms with Gasteiger partial charge in [-0.2, -0.15) is 0 Å². The van der Waals surface area contributed by atoms with Crippen LogP contribution in [0.2, 0.25) is 0 Å².